The molecule has 0 aliphatic carbocycles. The van der Waals surface area contributed by atoms with Crippen molar-refractivity contribution in [1.82, 2.24) is 9.80 Å². The Morgan fingerprint density at radius 1 is 0.889 bits per heavy atom. The van der Waals surface area contributed by atoms with Crippen molar-refractivity contribution in [2.24, 2.45) is 0 Å². The molecule has 5 rings (SSSR count). The molecule has 2 aliphatic rings. The number of aliphatic carboxylic acids is 1. The Morgan fingerprint density at radius 3 is 2.17 bits per heavy atom. The molecule has 12 nitrogen and oxygen atoms in total. The van der Waals surface area contributed by atoms with Crippen LogP contribution in [-0.2, 0) is 14.3 Å². The molecule has 12 heteroatoms. The quantitative estimate of drug-likeness (QED) is 0.151. The number of hydrogen-bond acceptors (Lipinski definition) is 10. The minimum atomic E-state index is -1.71. The highest BCUT2D eigenvalue weighted by Crippen LogP contribution is 2.54. The van der Waals surface area contributed by atoms with Gasteiger partial charge in [-0.3, -0.25) is 9.69 Å². The standard InChI is InChI=1S/C42H54N2O10/c1-8-11-32(30-26-37(50-5)39(52-7)38(27-30)51-6)40(45)44-17-16-34(29-14-15-35(48-3)36(25-29)49-4)42(44,41(46)47)33(9-2)28-12-10-13-31(24-28)54-23-20-43-18-21-53-22-19-43/h8,10,12-15,24-27,32-34H,1,9,11,16-23H2,2-7H3,(H,46,47)/t32-,33?,34+,42-/m0/s1. The van der Waals surface area contributed by atoms with Crippen molar-refractivity contribution >= 4 is 11.9 Å². The van der Waals surface area contributed by atoms with E-state index in [4.69, 9.17) is 33.2 Å². The summed E-state index contributed by atoms with van der Waals surface area (Å²) in [7, 11) is 7.65. The Kier molecular flexibility index (Phi) is 13.7. The Morgan fingerprint density at radius 2 is 1.57 bits per heavy atom. The minimum absolute atomic E-state index is 0.203. The summed E-state index contributed by atoms with van der Waals surface area (Å²) >= 11 is 0. The van der Waals surface area contributed by atoms with Gasteiger partial charge in [-0.25, -0.2) is 4.79 Å². The van der Waals surface area contributed by atoms with Gasteiger partial charge in [0.25, 0.3) is 0 Å². The van der Waals surface area contributed by atoms with Gasteiger partial charge in [-0.1, -0.05) is 31.2 Å². The SMILES string of the molecule is C=CC[C@H](C(=O)N1CC[C@H](c2ccc(OC)c(OC)c2)[C@]1(C(=O)O)C(CC)c1cccc(OCCN2CCOCC2)c1)c1cc(OC)c(OC)c(OC)c1. The number of carbonyl (C=O) groups is 2. The van der Waals surface area contributed by atoms with Gasteiger partial charge >= 0.3 is 5.97 Å². The van der Waals surface area contributed by atoms with Gasteiger partial charge in [0.15, 0.2) is 28.5 Å². The van der Waals surface area contributed by atoms with E-state index in [1.807, 2.05) is 43.3 Å². The van der Waals surface area contributed by atoms with Crippen molar-refractivity contribution in [3.8, 4) is 34.5 Å². The van der Waals surface area contributed by atoms with Crippen molar-refractivity contribution in [2.45, 2.75) is 49.5 Å². The molecule has 2 saturated heterocycles. The maximum atomic E-state index is 15.2. The van der Waals surface area contributed by atoms with Crippen molar-refractivity contribution < 1.29 is 47.9 Å². The molecule has 0 radical (unpaired) electrons. The molecule has 0 spiro atoms. The summed E-state index contributed by atoms with van der Waals surface area (Å²) in [4.78, 5) is 33.5. The Bertz CT molecular complexity index is 1730. The molecule has 2 heterocycles. The van der Waals surface area contributed by atoms with Crippen LogP contribution in [0.5, 0.6) is 34.5 Å². The largest absolute Gasteiger partial charge is 0.493 e. The highest BCUT2D eigenvalue weighted by molar-refractivity contribution is 5.93. The van der Waals surface area contributed by atoms with E-state index < -0.39 is 29.3 Å². The number of benzene rings is 3. The summed E-state index contributed by atoms with van der Waals surface area (Å²) in [5, 5.41) is 11.7. The number of nitrogens with zero attached hydrogens (tertiary/aromatic N) is 2. The van der Waals surface area contributed by atoms with Crippen LogP contribution >= 0.6 is 0 Å². The van der Waals surface area contributed by atoms with E-state index in [0.29, 0.717) is 72.7 Å². The van der Waals surface area contributed by atoms with E-state index in [1.165, 1.54) is 21.3 Å². The van der Waals surface area contributed by atoms with Gasteiger partial charge < -0.3 is 43.2 Å². The number of amides is 1. The fourth-order valence-electron chi connectivity index (χ4n) is 8.25. The predicted molar refractivity (Wildman–Crippen MR) is 205 cm³/mol. The van der Waals surface area contributed by atoms with E-state index in [0.717, 1.165) is 30.8 Å². The number of rotatable bonds is 18. The number of carboxylic acids is 1. The lowest BCUT2D eigenvalue weighted by atomic mass is 9.67. The average Bonchev–Trinajstić information content (AvgIpc) is 3.61. The molecule has 0 aromatic heterocycles. The number of carbonyl (C=O) groups excluding carboxylic acids is 1. The number of allylic oxidation sites excluding steroid dienone is 1. The second-order valence-corrected chi connectivity index (χ2v) is 13.4. The molecule has 1 amide bonds. The summed E-state index contributed by atoms with van der Waals surface area (Å²) in [6.45, 7) is 10.5. The van der Waals surface area contributed by atoms with Crippen LogP contribution in [0.25, 0.3) is 0 Å². The zero-order valence-corrected chi connectivity index (χ0v) is 32.3. The first-order valence-electron chi connectivity index (χ1n) is 18.4. The molecule has 292 valence electrons. The number of carboxylic acid groups (broad SMARTS) is 1. The molecule has 3 aromatic carbocycles. The van der Waals surface area contributed by atoms with Crippen molar-refractivity contribution in [3.63, 3.8) is 0 Å². The molecule has 1 N–H and O–H groups in total. The lowest BCUT2D eigenvalue weighted by molar-refractivity contribution is -0.160. The Balaban J connectivity index is 1.63. The van der Waals surface area contributed by atoms with Crippen LogP contribution < -0.4 is 28.4 Å². The smallest absolute Gasteiger partial charge is 0.330 e. The zero-order chi connectivity index (χ0) is 38.8. The van der Waals surface area contributed by atoms with Crippen molar-refractivity contribution in [2.75, 3.05) is 81.5 Å². The number of morpholine rings is 1. The van der Waals surface area contributed by atoms with Crippen LogP contribution in [0, 0.1) is 0 Å². The lowest BCUT2D eigenvalue weighted by Gasteiger charge is -2.45. The van der Waals surface area contributed by atoms with Crippen LogP contribution in [-0.4, -0.2) is 114 Å². The van der Waals surface area contributed by atoms with Crippen molar-refractivity contribution in [3.05, 3.63) is 83.9 Å². The third-order valence-electron chi connectivity index (χ3n) is 10.8. The Hall–Kier alpha value is -4.94. The van der Waals surface area contributed by atoms with E-state index in [2.05, 4.69) is 11.5 Å². The average molecular weight is 747 g/mol. The van der Waals surface area contributed by atoms with Gasteiger partial charge in [0.1, 0.15) is 12.4 Å². The van der Waals surface area contributed by atoms with Gasteiger partial charge in [0.05, 0.1) is 54.7 Å². The molecule has 3 aromatic rings. The lowest BCUT2D eigenvalue weighted by Crippen LogP contribution is -2.60. The van der Waals surface area contributed by atoms with Gasteiger partial charge in [-0.15, -0.1) is 6.58 Å². The third-order valence-corrected chi connectivity index (χ3v) is 10.8. The second-order valence-electron chi connectivity index (χ2n) is 13.4. The van der Waals surface area contributed by atoms with Gasteiger partial charge in [-0.05, 0) is 72.4 Å². The van der Waals surface area contributed by atoms with Gasteiger partial charge in [0.2, 0.25) is 11.7 Å². The monoisotopic (exact) mass is 746 g/mol. The molecule has 54 heavy (non-hydrogen) atoms. The van der Waals surface area contributed by atoms with E-state index in [-0.39, 0.29) is 18.9 Å². The molecule has 2 fully saturated rings. The summed E-state index contributed by atoms with van der Waals surface area (Å²) in [6.07, 6.45) is 2.74. The summed E-state index contributed by atoms with van der Waals surface area (Å²) in [5.74, 6) is -0.676. The summed E-state index contributed by atoms with van der Waals surface area (Å²) in [5.41, 5.74) is 0.376. The topological polar surface area (TPSA) is 125 Å². The number of hydrogen-bond donors (Lipinski definition) is 1. The molecular formula is C42H54N2O10. The predicted octanol–water partition coefficient (Wildman–Crippen LogP) is 6.13. The first-order chi connectivity index (χ1) is 26.2. The second kappa shape index (κ2) is 18.4. The first-order valence-corrected chi connectivity index (χ1v) is 18.4. The van der Waals surface area contributed by atoms with Gasteiger partial charge in [-0.2, -0.15) is 0 Å². The minimum Gasteiger partial charge on any atom is -0.493 e. The number of likely N-dealkylation sites (tertiary alicyclic amines) is 1. The highest BCUT2D eigenvalue weighted by Gasteiger charge is 2.62. The summed E-state index contributed by atoms with van der Waals surface area (Å²) < 4.78 is 39.8. The number of ether oxygens (including phenoxy) is 7. The van der Waals surface area contributed by atoms with Crippen LogP contribution in [0.3, 0.4) is 0 Å². The molecule has 4 atom stereocenters. The first kappa shape index (κ1) is 40.2. The van der Waals surface area contributed by atoms with Crippen LogP contribution in [0.1, 0.15) is 60.6 Å². The van der Waals surface area contributed by atoms with Crippen LogP contribution in [0.4, 0.5) is 0 Å². The summed E-state index contributed by atoms with van der Waals surface area (Å²) in [6, 6.07) is 16.6. The molecule has 0 bridgehead atoms. The van der Waals surface area contributed by atoms with E-state index in [9.17, 15) is 9.90 Å². The highest BCUT2D eigenvalue weighted by atomic mass is 16.5. The normalized spacial score (nSPS) is 19.7. The van der Waals surface area contributed by atoms with Crippen molar-refractivity contribution in [1.29, 1.82) is 0 Å². The van der Waals surface area contributed by atoms with E-state index in [1.54, 1.807) is 43.4 Å². The molecule has 1 unspecified atom stereocenters. The molecular weight excluding hydrogens is 692 g/mol. The zero-order valence-electron chi connectivity index (χ0n) is 32.3. The van der Waals surface area contributed by atoms with Crippen LogP contribution in [0.15, 0.2) is 67.3 Å². The molecule has 0 saturated carbocycles. The fourth-order valence-corrected chi connectivity index (χ4v) is 8.25. The Labute approximate surface area is 318 Å². The van der Waals surface area contributed by atoms with E-state index >= 15 is 4.79 Å². The van der Waals surface area contributed by atoms with Gasteiger partial charge in [0, 0.05) is 38.0 Å². The maximum Gasteiger partial charge on any atom is 0.330 e. The number of methoxy groups -OCH3 is 5. The maximum absolute atomic E-state index is 15.2. The van der Waals surface area contributed by atoms with Crippen LogP contribution in [0.2, 0.25) is 0 Å². The fraction of sp³-hybridized carbons (Fsp3) is 0.476. The third kappa shape index (κ3) is 7.95. The molecule has 2 aliphatic heterocycles.